The van der Waals surface area contributed by atoms with Crippen LogP contribution in [0.25, 0.3) is 0 Å². The minimum atomic E-state index is 0.414. The average molecular weight is 217 g/mol. The van der Waals surface area contributed by atoms with Gasteiger partial charge in [0.15, 0.2) is 0 Å². The molecule has 1 nitrogen and oxygen atoms in total. The van der Waals surface area contributed by atoms with Crippen molar-refractivity contribution in [2.75, 3.05) is 0 Å². The number of rotatable bonds is 2. The zero-order chi connectivity index (χ0) is 11.5. The Hall–Kier alpha value is -0.820. The fourth-order valence-corrected chi connectivity index (χ4v) is 2.78. The molecule has 0 aliphatic heterocycles. The van der Waals surface area contributed by atoms with Crippen LogP contribution in [0.15, 0.2) is 24.3 Å². The van der Waals surface area contributed by atoms with Crippen LogP contribution in [0.4, 0.5) is 0 Å². The highest BCUT2D eigenvalue weighted by Crippen LogP contribution is 2.30. The van der Waals surface area contributed by atoms with E-state index in [9.17, 15) is 0 Å². The minimum Gasteiger partial charge on any atom is -0.327 e. The molecule has 88 valence electrons. The Labute approximate surface area is 99.0 Å². The van der Waals surface area contributed by atoms with Crippen molar-refractivity contribution < 1.29 is 0 Å². The summed E-state index contributed by atoms with van der Waals surface area (Å²) in [5, 5.41) is 0. The topological polar surface area (TPSA) is 26.0 Å². The lowest BCUT2D eigenvalue weighted by molar-refractivity contribution is 0.245. The van der Waals surface area contributed by atoms with Crippen LogP contribution in [0.5, 0.6) is 0 Å². The monoisotopic (exact) mass is 217 g/mol. The molecule has 1 aromatic carbocycles. The van der Waals surface area contributed by atoms with Gasteiger partial charge >= 0.3 is 0 Å². The lowest BCUT2D eigenvalue weighted by Gasteiger charge is -2.32. The molecule has 0 heterocycles. The first kappa shape index (κ1) is 11.7. The van der Waals surface area contributed by atoms with Crippen molar-refractivity contribution in [1.29, 1.82) is 0 Å². The molecule has 0 spiro atoms. The van der Waals surface area contributed by atoms with Crippen molar-refractivity contribution in [3.05, 3.63) is 35.4 Å². The van der Waals surface area contributed by atoms with E-state index in [2.05, 4.69) is 38.1 Å². The van der Waals surface area contributed by atoms with Gasteiger partial charge in [-0.25, -0.2) is 0 Å². The van der Waals surface area contributed by atoms with Crippen LogP contribution in [-0.4, -0.2) is 6.04 Å². The van der Waals surface area contributed by atoms with Gasteiger partial charge in [-0.3, -0.25) is 0 Å². The maximum Gasteiger partial charge on any atom is 0.00705 e. The van der Waals surface area contributed by atoms with Crippen LogP contribution in [0.2, 0.25) is 0 Å². The summed E-state index contributed by atoms with van der Waals surface area (Å²) in [4.78, 5) is 0. The van der Waals surface area contributed by atoms with Crippen LogP contribution in [0.3, 0.4) is 0 Å². The van der Waals surface area contributed by atoms with E-state index >= 15 is 0 Å². The SMILES string of the molecule is Cc1ccc(CC2CC(C)CCC2N)cc1. The third kappa shape index (κ3) is 2.85. The van der Waals surface area contributed by atoms with E-state index in [4.69, 9.17) is 5.73 Å². The minimum absolute atomic E-state index is 0.414. The number of aryl methyl sites for hydroxylation is 1. The molecule has 3 atom stereocenters. The molecular weight excluding hydrogens is 194 g/mol. The van der Waals surface area contributed by atoms with E-state index in [1.165, 1.54) is 30.4 Å². The van der Waals surface area contributed by atoms with Crippen molar-refractivity contribution in [3.8, 4) is 0 Å². The molecule has 0 amide bonds. The van der Waals surface area contributed by atoms with Crippen LogP contribution >= 0.6 is 0 Å². The highest BCUT2D eigenvalue weighted by molar-refractivity contribution is 5.22. The second kappa shape index (κ2) is 5.01. The molecule has 3 unspecified atom stereocenters. The Morgan fingerprint density at radius 2 is 1.88 bits per heavy atom. The summed E-state index contributed by atoms with van der Waals surface area (Å²) in [6, 6.07) is 9.32. The van der Waals surface area contributed by atoms with Crippen LogP contribution in [0.1, 0.15) is 37.3 Å². The molecule has 1 aromatic rings. The van der Waals surface area contributed by atoms with Gasteiger partial charge in [-0.1, -0.05) is 36.8 Å². The van der Waals surface area contributed by atoms with E-state index in [1.54, 1.807) is 0 Å². The van der Waals surface area contributed by atoms with Gasteiger partial charge < -0.3 is 5.73 Å². The molecule has 0 saturated heterocycles. The molecule has 1 saturated carbocycles. The molecule has 1 fully saturated rings. The fourth-order valence-electron chi connectivity index (χ4n) is 2.78. The zero-order valence-electron chi connectivity index (χ0n) is 10.4. The summed E-state index contributed by atoms with van der Waals surface area (Å²) in [6.07, 6.45) is 4.98. The number of benzene rings is 1. The Kier molecular flexibility index (Phi) is 3.65. The standard InChI is InChI=1S/C15H23N/c1-11-3-6-13(7-4-11)10-14-9-12(2)5-8-15(14)16/h3-4,6-7,12,14-15H,5,8-10,16H2,1-2H3. The van der Waals surface area contributed by atoms with E-state index < -0.39 is 0 Å². The molecular formula is C15H23N. The van der Waals surface area contributed by atoms with Gasteiger partial charge in [0.25, 0.3) is 0 Å². The highest BCUT2D eigenvalue weighted by atomic mass is 14.7. The van der Waals surface area contributed by atoms with Gasteiger partial charge in [0.2, 0.25) is 0 Å². The van der Waals surface area contributed by atoms with Crippen LogP contribution < -0.4 is 5.73 Å². The van der Waals surface area contributed by atoms with Crippen molar-refractivity contribution in [2.24, 2.45) is 17.6 Å². The Balaban J connectivity index is 2.00. The normalized spacial score (nSPS) is 30.3. The molecule has 0 aromatic heterocycles. The molecule has 1 aliphatic rings. The largest absolute Gasteiger partial charge is 0.327 e. The average Bonchev–Trinajstić information content (AvgIpc) is 2.27. The quantitative estimate of drug-likeness (QED) is 0.808. The number of hydrogen-bond donors (Lipinski definition) is 1. The second-order valence-corrected chi connectivity index (χ2v) is 5.53. The molecule has 2 N–H and O–H groups in total. The zero-order valence-corrected chi connectivity index (χ0v) is 10.4. The van der Waals surface area contributed by atoms with Gasteiger partial charge in [0.1, 0.15) is 0 Å². The predicted octanol–water partition coefficient (Wildman–Crippen LogP) is 3.30. The van der Waals surface area contributed by atoms with Gasteiger partial charge in [0.05, 0.1) is 0 Å². The lowest BCUT2D eigenvalue weighted by atomic mass is 9.76. The molecule has 16 heavy (non-hydrogen) atoms. The highest BCUT2D eigenvalue weighted by Gasteiger charge is 2.25. The van der Waals surface area contributed by atoms with Crippen molar-refractivity contribution in [1.82, 2.24) is 0 Å². The Morgan fingerprint density at radius 3 is 2.56 bits per heavy atom. The van der Waals surface area contributed by atoms with Gasteiger partial charge in [0, 0.05) is 6.04 Å². The summed E-state index contributed by atoms with van der Waals surface area (Å²) >= 11 is 0. The van der Waals surface area contributed by atoms with E-state index in [-0.39, 0.29) is 0 Å². The number of hydrogen-bond acceptors (Lipinski definition) is 1. The summed E-state index contributed by atoms with van der Waals surface area (Å²) in [7, 11) is 0. The molecule has 2 rings (SSSR count). The first-order chi connectivity index (χ1) is 7.65. The van der Waals surface area contributed by atoms with E-state index in [0.717, 1.165) is 12.3 Å². The van der Waals surface area contributed by atoms with Crippen LogP contribution in [-0.2, 0) is 6.42 Å². The van der Waals surface area contributed by atoms with Gasteiger partial charge in [-0.2, -0.15) is 0 Å². The first-order valence-corrected chi connectivity index (χ1v) is 6.46. The maximum atomic E-state index is 6.22. The summed E-state index contributed by atoms with van der Waals surface area (Å²) in [6.45, 7) is 4.49. The third-order valence-corrected chi connectivity index (χ3v) is 3.92. The molecule has 0 radical (unpaired) electrons. The lowest BCUT2D eigenvalue weighted by Crippen LogP contribution is -2.36. The summed E-state index contributed by atoms with van der Waals surface area (Å²) in [5.74, 6) is 1.54. The summed E-state index contributed by atoms with van der Waals surface area (Å²) in [5.41, 5.74) is 9.00. The van der Waals surface area contributed by atoms with Crippen molar-refractivity contribution in [3.63, 3.8) is 0 Å². The third-order valence-electron chi connectivity index (χ3n) is 3.92. The molecule has 1 heteroatoms. The van der Waals surface area contributed by atoms with E-state index in [0.29, 0.717) is 12.0 Å². The van der Waals surface area contributed by atoms with Crippen LogP contribution in [0, 0.1) is 18.8 Å². The van der Waals surface area contributed by atoms with Crippen molar-refractivity contribution >= 4 is 0 Å². The Bertz CT molecular complexity index is 328. The maximum absolute atomic E-state index is 6.22. The van der Waals surface area contributed by atoms with E-state index in [1.807, 2.05) is 0 Å². The Morgan fingerprint density at radius 1 is 1.19 bits per heavy atom. The molecule has 0 bridgehead atoms. The molecule has 1 aliphatic carbocycles. The summed E-state index contributed by atoms with van der Waals surface area (Å²) < 4.78 is 0. The first-order valence-electron chi connectivity index (χ1n) is 6.46. The van der Waals surface area contributed by atoms with Gasteiger partial charge in [-0.15, -0.1) is 0 Å². The number of nitrogens with two attached hydrogens (primary N) is 1. The van der Waals surface area contributed by atoms with Crippen molar-refractivity contribution in [2.45, 2.75) is 45.6 Å². The smallest absolute Gasteiger partial charge is 0.00705 e. The predicted molar refractivity (Wildman–Crippen MR) is 69.4 cm³/mol. The fraction of sp³-hybridized carbons (Fsp3) is 0.600. The second-order valence-electron chi connectivity index (χ2n) is 5.53. The van der Waals surface area contributed by atoms with Gasteiger partial charge in [-0.05, 0) is 50.0 Å².